The average Bonchev–Trinajstić information content (AvgIpc) is 3.20. The Morgan fingerprint density at radius 1 is 1.12 bits per heavy atom. The topological polar surface area (TPSA) is 70.1 Å². The fourth-order valence-electron chi connectivity index (χ4n) is 4.89. The Kier molecular flexibility index (Phi) is 5.02. The highest BCUT2D eigenvalue weighted by Gasteiger charge is 2.49. The molecule has 3 aliphatic rings. The first-order valence-corrected chi connectivity index (χ1v) is 9.64. The number of rotatable bonds is 3. The van der Waals surface area contributed by atoms with Crippen molar-refractivity contribution in [2.75, 3.05) is 26.2 Å². The molecule has 6 heteroatoms. The Hall–Kier alpha value is -1.30. The second kappa shape index (κ2) is 6.78. The number of aliphatic carboxylic acids is 1. The molecule has 3 rings (SSSR count). The van der Waals surface area contributed by atoms with Crippen LogP contribution in [0.25, 0.3) is 0 Å². The molecular weight excluding hydrogens is 320 g/mol. The molecule has 25 heavy (non-hydrogen) atoms. The second-order valence-corrected chi connectivity index (χ2v) is 9.20. The number of carboxylic acids is 1. The van der Waals surface area contributed by atoms with Crippen LogP contribution in [0.5, 0.6) is 0 Å². The Morgan fingerprint density at radius 2 is 1.76 bits per heavy atom. The molecule has 2 aliphatic heterocycles. The summed E-state index contributed by atoms with van der Waals surface area (Å²) in [5, 5.41) is 9.77. The largest absolute Gasteiger partial charge is 0.480 e. The quantitative estimate of drug-likeness (QED) is 0.845. The van der Waals surface area contributed by atoms with Crippen molar-refractivity contribution < 1.29 is 19.4 Å². The fraction of sp³-hybridized carbons (Fsp3) is 0.895. The van der Waals surface area contributed by atoms with E-state index < -0.39 is 11.6 Å². The molecule has 2 atom stereocenters. The van der Waals surface area contributed by atoms with Crippen LogP contribution < -0.4 is 0 Å². The van der Waals surface area contributed by atoms with Gasteiger partial charge in [0.25, 0.3) is 0 Å². The molecule has 0 bridgehead atoms. The number of carbonyl (C=O) groups is 2. The van der Waals surface area contributed by atoms with E-state index in [-0.39, 0.29) is 23.5 Å². The maximum atomic E-state index is 12.3. The van der Waals surface area contributed by atoms with Gasteiger partial charge in [-0.05, 0) is 58.9 Å². The molecule has 1 amide bonds. The molecule has 142 valence electrons. The number of hydrogen-bond donors (Lipinski definition) is 1. The lowest BCUT2D eigenvalue weighted by atomic mass is 9.86. The molecule has 0 radical (unpaired) electrons. The first-order valence-electron chi connectivity index (χ1n) is 9.64. The number of amides is 1. The summed E-state index contributed by atoms with van der Waals surface area (Å²) in [4.78, 5) is 28.2. The third kappa shape index (κ3) is 4.10. The zero-order valence-corrected chi connectivity index (χ0v) is 15.8. The highest BCUT2D eigenvalue weighted by molar-refractivity contribution is 5.74. The fourth-order valence-corrected chi connectivity index (χ4v) is 4.89. The SMILES string of the molecule is CC(C)(C)OC(=O)N1CC[C@]2(CCN(C(C(=O)O)C3CCCC3)C2)C1. The Balaban J connectivity index is 1.62. The lowest BCUT2D eigenvalue weighted by Gasteiger charge is -2.31. The third-order valence-electron chi connectivity index (χ3n) is 6.05. The van der Waals surface area contributed by atoms with Crippen molar-refractivity contribution in [3.8, 4) is 0 Å². The van der Waals surface area contributed by atoms with E-state index in [0.717, 1.165) is 51.6 Å². The van der Waals surface area contributed by atoms with Gasteiger partial charge in [-0.15, -0.1) is 0 Å². The van der Waals surface area contributed by atoms with E-state index in [1.165, 1.54) is 0 Å². The standard InChI is InChI=1S/C19H32N2O4/c1-18(2,3)25-17(24)21-11-9-19(13-21)8-10-20(12-19)15(16(22)23)14-6-4-5-7-14/h14-15H,4-13H2,1-3H3,(H,22,23)/t15?,19-/m0/s1. The summed E-state index contributed by atoms with van der Waals surface area (Å²) >= 11 is 0. The van der Waals surface area contributed by atoms with Gasteiger partial charge >= 0.3 is 12.1 Å². The third-order valence-corrected chi connectivity index (χ3v) is 6.05. The molecule has 2 heterocycles. The number of carbonyl (C=O) groups excluding carboxylic acids is 1. The summed E-state index contributed by atoms with van der Waals surface area (Å²) in [6, 6.07) is -0.350. The van der Waals surface area contributed by atoms with Gasteiger partial charge in [0, 0.05) is 25.0 Å². The summed E-state index contributed by atoms with van der Waals surface area (Å²) in [6.45, 7) is 8.67. The Morgan fingerprint density at radius 3 is 2.36 bits per heavy atom. The lowest BCUT2D eigenvalue weighted by molar-refractivity contribution is -0.145. The average molecular weight is 352 g/mol. The summed E-state index contributed by atoms with van der Waals surface area (Å²) in [5.74, 6) is -0.387. The van der Waals surface area contributed by atoms with Crippen LogP contribution in [0.1, 0.15) is 59.3 Å². The normalized spacial score (nSPS) is 29.5. The van der Waals surface area contributed by atoms with Crippen molar-refractivity contribution in [1.82, 2.24) is 9.80 Å². The molecule has 0 aromatic carbocycles. The maximum absolute atomic E-state index is 12.3. The van der Waals surface area contributed by atoms with E-state index >= 15 is 0 Å². The first kappa shape index (κ1) is 18.5. The van der Waals surface area contributed by atoms with Gasteiger partial charge in [0.05, 0.1) is 0 Å². The van der Waals surface area contributed by atoms with Crippen molar-refractivity contribution in [2.45, 2.75) is 70.9 Å². The number of likely N-dealkylation sites (tertiary alicyclic amines) is 2. The van der Waals surface area contributed by atoms with Crippen molar-refractivity contribution >= 4 is 12.1 Å². The van der Waals surface area contributed by atoms with Gasteiger partial charge in [-0.3, -0.25) is 9.69 Å². The van der Waals surface area contributed by atoms with E-state index in [2.05, 4.69) is 4.90 Å². The first-order chi connectivity index (χ1) is 11.7. The minimum absolute atomic E-state index is 0.0448. The smallest absolute Gasteiger partial charge is 0.410 e. The van der Waals surface area contributed by atoms with E-state index in [0.29, 0.717) is 13.1 Å². The molecule has 1 spiro atoms. The van der Waals surface area contributed by atoms with Gasteiger partial charge in [-0.25, -0.2) is 4.79 Å². The molecule has 1 unspecified atom stereocenters. The zero-order chi connectivity index (χ0) is 18.2. The number of ether oxygens (including phenoxy) is 1. The van der Waals surface area contributed by atoms with Crippen LogP contribution in [0, 0.1) is 11.3 Å². The van der Waals surface area contributed by atoms with Crippen molar-refractivity contribution in [3.05, 3.63) is 0 Å². The molecule has 3 fully saturated rings. The van der Waals surface area contributed by atoms with Gasteiger partial charge in [-0.1, -0.05) is 12.8 Å². The highest BCUT2D eigenvalue weighted by atomic mass is 16.6. The van der Waals surface area contributed by atoms with Gasteiger partial charge in [-0.2, -0.15) is 0 Å². The van der Waals surface area contributed by atoms with Crippen LogP contribution >= 0.6 is 0 Å². The van der Waals surface area contributed by atoms with Gasteiger partial charge in [0.15, 0.2) is 0 Å². The summed E-state index contributed by atoms with van der Waals surface area (Å²) in [5.41, 5.74) is -0.436. The number of nitrogens with zero attached hydrogens (tertiary/aromatic N) is 2. The van der Waals surface area contributed by atoms with E-state index in [1.807, 2.05) is 20.8 Å². The van der Waals surface area contributed by atoms with E-state index in [4.69, 9.17) is 4.74 Å². The summed E-state index contributed by atoms with van der Waals surface area (Å²) < 4.78 is 5.50. The van der Waals surface area contributed by atoms with Gasteiger partial charge < -0.3 is 14.7 Å². The molecule has 0 aromatic heterocycles. The number of carboxylic acid groups (broad SMARTS) is 1. The van der Waals surface area contributed by atoms with E-state index in [9.17, 15) is 14.7 Å². The number of hydrogen-bond acceptors (Lipinski definition) is 4. The van der Waals surface area contributed by atoms with Crippen molar-refractivity contribution in [1.29, 1.82) is 0 Å². The molecule has 6 nitrogen and oxygen atoms in total. The van der Waals surface area contributed by atoms with Crippen LogP contribution in [0.2, 0.25) is 0 Å². The molecule has 1 N–H and O–H groups in total. The Bertz CT molecular complexity index is 524. The predicted octanol–water partition coefficient (Wildman–Crippen LogP) is 2.96. The molecular formula is C19H32N2O4. The molecule has 2 saturated heterocycles. The minimum Gasteiger partial charge on any atom is -0.480 e. The highest BCUT2D eigenvalue weighted by Crippen LogP contribution is 2.42. The van der Waals surface area contributed by atoms with Crippen molar-refractivity contribution in [2.24, 2.45) is 11.3 Å². The summed E-state index contributed by atoms with van der Waals surface area (Å²) in [6.07, 6.45) is 6.05. The van der Waals surface area contributed by atoms with Gasteiger partial charge in [0.2, 0.25) is 0 Å². The van der Waals surface area contributed by atoms with E-state index in [1.54, 1.807) is 4.90 Å². The van der Waals surface area contributed by atoms with Crippen molar-refractivity contribution in [3.63, 3.8) is 0 Å². The van der Waals surface area contributed by atoms with Crippen LogP contribution in [0.15, 0.2) is 0 Å². The molecule has 1 saturated carbocycles. The monoisotopic (exact) mass is 352 g/mol. The predicted molar refractivity (Wildman–Crippen MR) is 94.4 cm³/mol. The van der Waals surface area contributed by atoms with Crippen LogP contribution in [-0.2, 0) is 9.53 Å². The Labute approximate surface area is 150 Å². The second-order valence-electron chi connectivity index (χ2n) is 9.20. The maximum Gasteiger partial charge on any atom is 0.410 e. The lowest BCUT2D eigenvalue weighted by Crippen LogP contribution is -2.45. The van der Waals surface area contributed by atoms with Crippen LogP contribution in [-0.4, -0.2) is 64.8 Å². The molecule has 1 aliphatic carbocycles. The van der Waals surface area contributed by atoms with Crippen LogP contribution in [0.3, 0.4) is 0 Å². The minimum atomic E-state index is -0.675. The summed E-state index contributed by atoms with van der Waals surface area (Å²) in [7, 11) is 0. The van der Waals surface area contributed by atoms with Crippen LogP contribution in [0.4, 0.5) is 4.79 Å². The van der Waals surface area contributed by atoms with Gasteiger partial charge in [0.1, 0.15) is 11.6 Å². The molecule has 0 aromatic rings. The zero-order valence-electron chi connectivity index (χ0n) is 15.8.